The normalized spacial score (nSPS) is 22.6. The van der Waals surface area contributed by atoms with Crippen LogP contribution in [0.2, 0.25) is 0 Å². The minimum atomic E-state index is -0.0211. The number of benzene rings is 1. The molecule has 0 unspecified atom stereocenters. The number of carbonyl (C=O) groups is 1. The molecule has 1 amide bonds. The molecule has 0 bridgehead atoms. The molecule has 0 spiro atoms. The Hall–Kier alpha value is -2.28. The van der Waals surface area contributed by atoms with Crippen LogP contribution in [0.1, 0.15) is 52.4 Å². The fourth-order valence-electron chi connectivity index (χ4n) is 3.99. The van der Waals surface area contributed by atoms with E-state index in [-0.39, 0.29) is 24.2 Å². The molecule has 2 aliphatic rings. The predicted octanol–water partition coefficient (Wildman–Crippen LogP) is 3.59. The average Bonchev–Trinajstić information content (AvgIpc) is 3.50. The molecule has 4 rings (SSSR count). The third kappa shape index (κ3) is 5.45. The monoisotopic (exact) mass is 415 g/mol. The summed E-state index contributed by atoms with van der Waals surface area (Å²) in [5.41, 5.74) is 1.96. The van der Waals surface area contributed by atoms with Gasteiger partial charge < -0.3 is 19.5 Å². The lowest BCUT2D eigenvalue weighted by Gasteiger charge is -2.29. The van der Waals surface area contributed by atoms with Gasteiger partial charge in [-0.1, -0.05) is 0 Å². The molecule has 1 aromatic carbocycles. The molecule has 7 heteroatoms. The number of imidazole rings is 1. The summed E-state index contributed by atoms with van der Waals surface area (Å²) in [4.78, 5) is 15.8. The lowest BCUT2D eigenvalue weighted by molar-refractivity contribution is -0.120. The van der Waals surface area contributed by atoms with Gasteiger partial charge in [0.1, 0.15) is 11.9 Å². The molecule has 2 aliphatic carbocycles. The van der Waals surface area contributed by atoms with Crippen LogP contribution >= 0.6 is 0 Å². The van der Waals surface area contributed by atoms with Gasteiger partial charge in [-0.15, -0.1) is 0 Å². The van der Waals surface area contributed by atoms with E-state index < -0.39 is 0 Å². The highest BCUT2D eigenvalue weighted by Gasteiger charge is 2.25. The van der Waals surface area contributed by atoms with Gasteiger partial charge in [-0.05, 0) is 63.5 Å². The van der Waals surface area contributed by atoms with Crippen LogP contribution < -0.4 is 14.8 Å². The summed E-state index contributed by atoms with van der Waals surface area (Å²) in [6.07, 6.45) is 6.75. The third-order valence-corrected chi connectivity index (χ3v) is 5.92. The zero-order valence-electron chi connectivity index (χ0n) is 18.2. The smallest absolute Gasteiger partial charge is 0.297 e. The van der Waals surface area contributed by atoms with E-state index in [9.17, 15) is 4.79 Å². The Morgan fingerprint density at radius 1 is 1.20 bits per heavy atom. The highest BCUT2D eigenvalue weighted by atomic mass is 16.5. The third-order valence-electron chi connectivity index (χ3n) is 5.92. The maximum atomic E-state index is 11.1. The molecular weight excluding hydrogens is 382 g/mol. The first kappa shape index (κ1) is 21.0. The number of hydrogen-bond donors (Lipinski definition) is 1. The number of carbonyl (C=O) groups excluding carboxylic acids is 1. The number of amides is 1. The zero-order chi connectivity index (χ0) is 21.1. The van der Waals surface area contributed by atoms with Crippen molar-refractivity contribution in [3.8, 4) is 11.8 Å². The van der Waals surface area contributed by atoms with Crippen molar-refractivity contribution < 1.29 is 19.0 Å². The largest absolute Gasteiger partial charge is 0.493 e. The lowest BCUT2D eigenvalue weighted by atomic mass is 9.95. The molecule has 0 radical (unpaired) electrons. The van der Waals surface area contributed by atoms with Gasteiger partial charge in [0.25, 0.3) is 6.01 Å². The molecule has 1 atom stereocenters. The molecule has 7 nitrogen and oxygen atoms in total. The van der Waals surface area contributed by atoms with E-state index >= 15 is 0 Å². The molecule has 1 heterocycles. The second-order valence-corrected chi connectivity index (χ2v) is 8.81. The second-order valence-electron chi connectivity index (χ2n) is 8.81. The maximum Gasteiger partial charge on any atom is 0.297 e. The number of aromatic nitrogens is 2. The molecule has 1 aromatic heterocycles. The van der Waals surface area contributed by atoms with E-state index in [1.165, 1.54) is 19.8 Å². The number of nitrogens with zero attached hydrogens (tertiary/aromatic N) is 2. The minimum Gasteiger partial charge on any atom is -0.493 e. The van der Waals surface area contributed by atoms with Crippen LogP contribution in [-0.4, -0.2) is 46.9 Å². The van der Waals surface area contributed by atoms with E-state index in [0.717, 1.165) is 55.0 Å². The maximum absolute atomic E-state index is 11.1. The van der Waals surface area contributed by atoms with Gasteiger partial charge in [-0.25, -0.2) is 0 Å². The SMILES string of the molecule is CC(=O)N[C@@H](C)CO[C@H]1CC[C@H](Oc2nc3cc(OCC4CC4)ccc3n2C)CC1. The summed E-state index contributed by atoms with van der Waals surface area (Å²) in [6, 6.07) is 6.77. The first-order valence-electron chi connectivity index (χ1n) is 11.1. The van der Waals surface area contributed by atoms with Crippen LogP contribution in [0.25, 0.3) is 11.0 Å². The van der Waals surface area contributed by atoms with E-state index in [1.807, 2.05) is 30.7 Å². The highest BCUT2D eigenvalue weighted by molar-refractivity contribution is 5.78. The van der Waals surface area contributed by atoms with Gasteiger partial charge >= 0.3 is 0 Å². The van der Waals surface area contributed by atoms with Crippen LogP contribution in [0.3, 0.4) is 0 Å². The van der Waals surface area contributed by atoms with Gasteiger partial charge in [0, 0.05) is 26.1 Å². The van der Waals surface area contributed by atoms with Crippen molar-refractivity contribution in [3.05, 3.63) is 18.2 Å². The zero-order valence-corrected chi connectivity index (χ0v) is 18.2. The Morgan fingerprint density at radius 2 is 1.93 bits per heavy atom. The first-order valence-corrected chi connectivity index (χ1v) is 11.1. The Morgan fingerprint density at radius 3 is 2.63 bits per heavy atom. The Balaban J connectivity index is 1.28. The van der Waals surface area contributed by atoms with E-state index in [0.29, 0.717) is 12.6 Å². The second kappa shape index (κ2) is 9.25. The van der Waals surface area contributed by atoms with Crippen LogP contribution in [0.15, 0.2) is 18.2 Å². The van der Waals surface area contributed by atoms with Crippen LogP contribution in [0.4, 0.5) is 0 Å². The summed E-state index contributed by atoms with van der Waals surface area (Å²) in [5.74, 6) is 1.59. The van der Waals surface area contributed by atoms with Crippen molar-refractivity contribution in [2.75, 3.05) is 13.2 Å². The minimum absolute atomic E-state index is 0.0211. The fraction of sp³-hybridized carbons (Fsp3) is 0.652. The standard InChI is InChI=1S/C23H33N3O4/c1-15(24-16(2)27)13-28-18-6-8-19(9-7-18)30-23-25-21-12-20(29-14-17-4-5-17)10-11-22(21)26(23)3/h10-12,15,17-19H,4-9,13-14H2,1-3H3,(H,24,27)/t15-,18-,19-/m0/s1. The summed E-state index contributed by atoms with van der Waals surface area (Å²) >= 11 is 0. The molecule has 2 aromatic rings. The van der Waals surface area contributed by atoms with Gasteiger partial charge in [0.2, 0.25) is 5.91 Å². The Labute approximate surface area is 178 Å². The summed E-state index contributed by atoms with van der Waals surface area (Å²) in [6.45, 7) is 4.84. The van der Waals surface area contributed by atoms with E-state index in [4.69, 9.17) is 19.2 Å². The van der Waals surface area contributed by atoms with E-state index in [1.54, 1.807) is 0 Å². The van der Waals surface area contributed by atoms with Gasteiger partial charge in [-0.2, -0.15) is 4.98 Å². The van der Waals surface area contributed by atoms with Crippen molar-refractivity contribution in [2.45, 2.75) is 70.6 Å². The predicted molar refractivity (Wildman–Crippen MR) is 115 cm³/mol. The molecule has 164 valence electrons. The van der Waals surface area contributed by atoms with Crippen molar-refractivity contribution >= 4 is 16.9 Å². The average molecular weight is 416 g/mol. The van der Waals surface area contributed by atoms with Crippen LogP contribution in [-0.2, 0) is 16.6 Å². The summed E-state index contributed by atoms with van der Waals surface area (Å²) < 4.78 is 20.1. The number of nitrogens with one attached hydrogen (secondary N) is 1. The topological polar surface area (TPSA) is 74.6 Å². The van der Waals surface area contributed by atoms with Gasteiger partial charge in [0.15, 0.2) is 0 Å². The molecular formula is C23H33N3O4. The number of rotatable bonds is 9. The Bertz CT molecular complexity index is 869. The molecule has 0 saturated heterocycles. The fourth-order valence-corrected chi connectivity index (χ4v) is 3.99. The lowest BCUT2D eigenvalue weighted by Crippen LogP contribution is -2.37. The van der Waals surface area contributed by atoms with E-state index in [2.05, 4.69) is 11.4 Å². The van der Waals surface area contributed by atoms with Crippen LogP contribution in [0, 0.1) is 5.92 Å². The quantitative estimate of drug-likeness (QED) is 0.677. The van der Waals surface area contributed by atoms with Crippen LogP contribution in [0.5, 0.6) is 11.8 Å². The van der Waals surface area contributed by atoms with Crippen molar-refractivity contribution in [1.82, 2.24) is 14.9 Å². The number of fused-ring (bicyclic) bond motifs is 1. The van der Waals surface area contributed by atoms with Gasteiger partial charge in [-0.3, -0.25) is 9.36 Å². The van der Waals surface area contributed by atoms with Crippen molar-refractivity contribution in [2.24, 2.45) is 13.0 Å². The first-order chi connectivity index (χ1) is 14.5. The number of hydrogen-bond acceptors (Lipinski definition) is 5. The molecule has 30 heavy (non-hydrogen) atoms. The van der Waals surface area contributed by atoms with Crippen molar-refractivity contribution in [1.29, 1.82) is 0 Å². The molecule has 2 saturated carbocycles. The molecule has 0 aliphatic heterocycles. The summed E-state index contributed by atoms with van der Waals surface area (Å²) in [7, 11) is 1.99. The molecule has 1 N–H and O–H groups in total. The van der Waals surface area contributed by atoms with Gasteiger partial charge in [0.05, 0.1) is 30.4 Å². The van der Waals surface area contributed by atoms with Crippen molar-refractivity contribution in [3.63, 3.8) is 0 Å². The number of aryl methyl sites for hydroxylation is 1. The number of ether oxygens (including phenoxy) is 3. The summed E-state index contributed by atoms with van der Waals surface area (Å²) in [5, 5.41) is 2.85. The molecule has 2 fully saturated rings. The highest BCUT2D eigenvalue weighted by Crippen LogP contribution is 2.31. The Kier molecular flexibility index (Phi) is 6.46.